The second-order valence-corrected chi connectivity index (χ2v) is 6.93. The van der Waals surface area contributed by atoms with Crippen molar-refractivity contribution in [2.45, 2.75) is 58.0 Å². The van der Waals surface area contributed by atoms with Gasteiger partial charge in [-0.1, -0.05) is 37.1 Å². The summed E-state index contributed by atoms with van der Waals surface area (Å²) in [5.41, 5.74) is 2.46. The van der Waals surface area contributed by atoms with Gasteiger partial charge in [0.05, 0.1) is 6.54 Å². The number of aryl methyl sites for hydroxylation is 1. The minimum atomic E-state index is 0.175. The van der Waals surface area contributed by atoms with Crippen LogP contribution in [0, 0.1) is 12.8 Å². The largest absolute Gasteiger partial charge is 0.351 e. The van der Waals surface area contributed by atoms with Crippen LogP contribution >= 0.6 is 0 Å². The number of fused-ring (bicyclic) bond motifs is 1. The van der Waals surface area contributed by atoms with Crippen molar-refractivity contribution >= 4 is 5.91 Å². The number of likely N-dealkylation sites (tertiary alicyclic amines) is 1. The van der Waals surface area contributed by atoms with Crippen molar-refractivity contribution in [3.63, 3.8) is 0 Å². The van der Waals surface area contributed by atoms with Crippen molar-refractivity contribution in [2.75, 3.05) is 13.1 Å². The molecule has 2 atom stereocenters. The van der Waals surface area contributed by atoms with Gasteiger partial charge in [-0.25, -0.2) is 0 Å². The fourth-order valence-corrected chi connectivity index (χ4v) is 4.17. The average Bonchev–Trinajstić information content (AvgIpc) is 2.54. The van der Waals surface area contributed by atoms with E-state index in [1.54, 1.807) is 0 Å². The van der Waals surface area contributed by atoms with E-state index in [4.69, 9.17) is 0 Å². The number of carbonyl (C=O) groups excluding carboxylic acids is 1. The monoisotopic (exact) mass is 300 g/mol. The molecule has 3 nitrogen and oxygen atoms in total. The third-order valence-corrected chi connectivity index (χ3v) is 5.44. The zero-order valence-electron chi connectivity index (χ0n) is 13.7. The van der Waals surface area contributed by atoms with Crippen molar-refractivity contribution in [3.8, 4) is 0 Å². The summed E-state index contributed by atoms with van der Waals surface area (Å²) in [6.45, 7) is 4.41. The molecule has 0 spiro atoms. The van der Waals surface area contributed by atoms with E-state index >= 15 is 0 Å². The van der Waals surface area contributed by atoms with E-state index in [9.17, 15) is 4.79 Å². The Kier molecular flexibility index (Phi) is 5.14. The fraction of sp³-hybridized carbons (Fsp3) is 0.632. The highest BCUT2D eigenvalue weighted by Gasteiger charge is 2.33. The van der Waals surface area contributed by atoms with Gasteiger partial charge in [-0.05, 0) is 56.2 Å². The van der Waals surface area contributed by atoms with Crippen LogP contribution in [0.15, 0.2) is 24.3 Å². The SMILES string of the molecule is Cc1ccccc1CNC(=O)CN1CCC[C@H]2CCCC[C@@H]21. The van der Waals surface area contributed by atoms with Gasteiger partial charge >= 0.3 is 0 Å². The normalized spacial score (nSPS) is 25.5. The maximum absolute atomic E-state index is 12.3. The Morgan fingerprint density at radius 2 is 1.95 bits per heavy atom. The summed E-state index contributed by atoms with van der Waals surface area (Å²) < 4.78 is 0. The van der Waals surface area contributed by atoms with E-state index in [-0.39, 0.29) is 5.91 Å². The predicted octanol–water partition coefficient (Wildman–Crippen LogP) is 3.27. The minimum absolute atomic E-state index is 0.175. The molecule has 3 heteroatoms. The van der Waals surface area contributed by atoms with Crippen molar-refractivity contribution < 1.29 is 4.79 Å². The third-order valence-electron chi connectivity index (χ3n) is 5.44. The number of hydrogen-bond donors (Lipinski definition) is 1. The Hall–Kier alpha value is -1.35. The molecule has 120 valence electrons. The molecule has 1 aliphatic carbocycles. The molecule has 1 aromatic rings. The van der Waals surface area contributed by atoms with Gasteiger partial charge in [0, 0.05) is 12.6 Å². The quantitative estimate of drug-likeness (QED) is 0.925. The highest BCUT2D eigenvalue weighted by Crippen LogP contribution is 2.34. The van der Waals surface area contributed by atoms with Gasteiger partial charge in [-0.3, -0.25) is 9.69 Å². The lowest BCUT2D eigenvalue weighted by Crippen LogP contribution is -2.50. The number of rotatable bonds is 4. The maximum atomic E-state index is 12.3. The summed E-state index contributed by atoms with van der Waals surface area (Å²) in [7, 11) is 0. The molecule has 22 heavy (non-hydrogen) atoms. The molecule has 1 N–H and O–H groups in total. The zero-order valence-corrected chi connectivity index (χ0v) is 13.7. The van der Waals surface area contributed by atoms with Crippen LogP contribution in [0.4, 0.5) is 0 Å². The first-order valence-corrected chi connectivity index (χ1v) is 8.79. The highest BCUT2D eigenvalue weighted by molar-refractivity contribution is 5.78. The minimum Gasteiger partial charge on any atom is -0.351 e. The van der Waals surface area contributed by atoms with Gasteiger partial charge < -0.3 is 5.32 Å². The lowest BCUT2D eigenvalue weighted by molar-refractivity contribution is -0.124. The average molecular weight is 300 g/mol. The molecule has 1 aromatic carbocycles. The molecule has 1 saturated carbocycles. The summed E-state index contributed by atoms with van der Waals surface area (Å²) in [6.07, 6.45) is 8.00. The summed E-state index contributed by atoms with van der Waals surface area (Å²) in [4.78, 5) is 14.8. The van der Waals surface area contributed by atoms with Gasteiger partial charge in [0.2, 0.25) is 5.91 Å². The zero-order chi connectivity index (χ0) is 15.4. The summed E-state index contributed by atoms with van der Waals surface area (Å²) in [6, 6.07) is 8.92. The molecule has 0 aromatic heterocycles. The highest BCUT2D eigenvalue weighted by atomic mass is 16.2. The Balaban J connectivity index is 1.51. The van der Waals surface area contributed by atoms with Crippen molar-refractivity contribution in [2.24, 2.45) is 5.92 Å². The van der Waals surface area contributed by atoms with Gasteiger partial charge in [0.1, 0.15) is 0 Å². The number of benzene rings is 1. The fourth-order valence-electron chi connectivity index (χ4n) is 4.17. The summed E-state index contributed by atoms with van der Waals surface area (Å²) in [5, 5.41) is 3.10. The summed E-state index contributed by atoms with van der Waals surface area (Å²) in [5.74, 6) is 1.01. The number of piperidine rings is 1. The molecule has 1 aliphatic heterocycles. The van der Waals surface area contributed by atoms with Crippen LogP contribution < -0.4 is 5.32 Å². The van der Waals surface area contributed by atoms with E-state index in [0.29, 0.717) is 19.1 Å². The third kappa shape index (κ3) is 3.70. The van der Waals surface area contributed by atoms with Gasteiger partial charge in [-0.2, -0.15) is 0 Å². The lowest BCUT2D eigenvalue weighted by Gasteiger charge is -2.43. The van der Waals surface area contributed by atoms with E-state index in [1.807, 2.05) is 12.1 Å². The molecule has 0 radical (unpaired) electrons. The van der Waals surface area contributed by atoms with Gasteiger partial charge in [0.15, 0.2) is 0 Å². The van der Waals surface area contributed by atoms with Crippen LogP contribution in [-0.2, 0) is 11.3 Å². The maximum Gasteiger partial charge on any atom is 0.234 e. The summed E-state index contributed by atoms with van der Waals surface area (Å²) >= 11 is 0. The lowest BCUT2D eigenvalue weighted by atomic mass is 9.78. The van der Waals surface area contributed by atoms with E-state index < -0.39 is 0 Å². The molecule has 0 unspecified atom stereocenters. The molecular weight excluding hydrogens is 272 g/mol. The number of amides is 1. The van der Waals surface area contributed by atoms with E-state index in [0.717, 1.165) is 12.5 Å². The van der Waals surface area contributed by atoms with Crippen LogP contribution in [0.3, 0.4) is 0 Å². The second kappa shape index (κ2) is 7.28. The number of hydrogen-bond acceptors (Lipinski definition) is 2. The Morgan fingerprint density at radius 1 is 1.18 bits per heavy atom. The molecule has 2 fully saturated rings. The smallest absolute Gasteiger partial charge is 0.234 e. The molecule has 1 heterocycles. The second-order valence-electron chi connectivity index (χ2n) is 6.93. The first-order chi connectivity index (χ1) is 10.7. The Morgan fingerprint density at radius 3 is 2.82 bits per heavy atom. The number of nitrogens with zero attached hydrogens (tertiary/aromatic N) is 1. The standard InChI is InChI=1S/C19H28N2O/c1-15-7-2-3-9-17(15)13-20-19(22)14-21-12-6-10-16-8-4-5-11-18(16)21/h2-3,7,9,16,18H,4-6,8,10-14H2,1H3,(H,20,22)/t16-,18+/m1/s1. The number of nitrogens with one attached hydrogen (secondary N) is 1. The van der Waals surface area contributed by atoms with Crippen molar-refractivity contribution in [1.29, 1.82) is 0 Å². The topological polar surface area (TPSA) is 32.3 Å². The molecule has 1 amide bonds. The van der Waals surface area contributed by atoms with Crippen LogP contribution in [0.1, 0.15) is 49.7 Å². The molecular formula is C19H28N2O. The van der Waals surface area contributed by atoms with Crippen LogP contribution in [0.5, 0.6) is 0 Å². The first kappa shape index (κ1) is 15.5. The predicted molar refractivity (Wildman–Crippen MR) is 89.6 cm³/mol. The van der Waals surface area contributed by atoms with Gasteiger partial charge in [-0.15, -0.1) is 0 Å². The van der Waals surface area contributed by atoms with Crippen LogP contribution in [-0.4, -0.2) is 29.9 Å². The van der Waals surface area contributed by atoms with Crippen LogP contribution in [0.2, 0.25) is 0 Å². The van der Waals surface area contributed by atoms with Crippen LogP contribution in [0.25, 0.3) is 0 Å². The van der Waals surface area contributed by atoms with Crippen molar-refractivity contribution in [3.05, 3.63) is 35.4 Å². The molecule has 1 saturated heterocycles. The molecule has 0 bridgehead atoms. The van der Waals surface area contributed by atoms with Gasteiger partial charge in [0.25, 0.3) is 0 Å². The Bertz CT molecular complexity index is 512. The van der Waals surface area contributed by atoms with Crippen molar-refractivity contribution in [1.82, 2.24) is 10.2 Å². The number of carbonyl (C=O) groups is 1. The molecule has 3 rings (SSSR count). The Labute approximate surface area is 134 Å². The van der Waals surface area contributed by atoms with E-state index in [2.05, 4.69) is 29.3 Å². The first-order valence-electron chi connectivity index (χ1n) is 8.79. The molecule has 2 aliphatic rings. The van der Waals surface area contributed by atoms with E-state index in [1.165, 1.54) is 49.7 Å².